The van der Waals surface area contributed by atoms with Gasteiger partial charge in [0.2, 0.25) is 11.8 Å². The van der Waals surface area contributed by atoms with Gasteiger partial charge in [0.1, 0.15) is 5.76 Å². The fourth-order valence-electron chi connectivity index (χ4n) is 3.48. The molecule has 144 valence electrons. The molecular weight excluding hydrogens is 374 g/mol. The van der Waals surface area contributed by atoms with Crippen LogP contribution in [-0.4, -0.2) is 24.0 Å². The second-order valence-corrected chi connectivity index (χ2v) is 7.40. The van der Waals surface area contributed by atoms with Gasteiger partial charge in [0, 0.05) is 23.7 Å². The molecule has 3 aromatic rings. The van der Waals surface area contributed by atoms with Crippen LogP contribution in [0.4, 0.5) is 11.4 Å². The van der Waals surface area contributed by atoms with Gasteiger partial charge in [-0.3, -0.25) is 4.79 Å². The Kier molecular flexibility index (Phi) is 5.35. The van der Waals surface area contributed by atoms with E-state index in [9.17, 15) is 4.79 Å². The molecular formula is C22H22ClN3O2. The number of amides is 1. The number of benzene rings is 2. The molecule has 0 spiro atoms. The van der Waals surface area contributed by atoms with Crippen molar-refractivity contribution in [1.82, 2.24) is 4.98 Å². The molecule has 2 heterocycles. The molecule has 1 aliphatic heterocycles. The highest BCUT2D eigenvalue weighted by molar-refractivity contribution is 6.31. The van der Waals surface area contributed by atoms with Gasteiger partial charge in [-0.25, -0.2) is 4.98 Å². The number of nitrogens with zero attached hydrogens (tertiary/aromatic N) is 2. The minimum absolute atomic E-state index is 0.140. The van der Waals surface area contributed by atoms with E-state index in [-0.39, 0.29) is 12.3 Å². The number of halogens is 1. The molecule has 1 N–H and O–H groups in total. The monoisotopic (exact) mass is 395 g/mol. The predicted octanol–water partition coefficient (Wildman–Crippen LogP) is 5.08. The summed E-state index contributed by atoms with van der Waals surface area (Å²) in [5, 5.41) is 3.61. The van der Waals surface area contributed by atoms with Crippen LogP contribution in [0.5, 0.6) is 0 Å². The van der Waals surface area contributed by atoms with E-state index >= 15 is 0 Å². The highest BCUT2D eigenvalue weighted by Crippen LogP contribution is 2.32. The number of carbonyl (C=O) groups excluding carboxylic acids is 1. The molecule has 28 heavy (non-hydrogen) atoms. The van der Waals surface area contributed by atoms with Gasteiger partial charge in [-0.2, -0.15) is 0 Å². The summed E-state index contributed by atoms with van der Waals surface area (Å²) >= 11 is 6.17. The van der Waals surface area contributed by atoms with E-state index in [1.807, 2.05) is 49.4 Å². The second kappa shape index (κ2) is 8.07. The Labute approximate surface area is 169 Å². The Morgan fingerprint density at radius 3 is 2.68 bits per heavy atom. The first-order valence-corrected chi connectivity index (χ1v) is 9.84. The van der Waals surface area contributed by atoms with Crippen LogP contribution < -0.4 is 10.2 Å². The summed E-state index contributed by atoms with van der Waals surface area (Å²) in [5.41, 5.74) is 3.28. The largest absolute Gasteiger partial charge is 0.441 e. The summed E-state index contributed by atoms with van der Waals surface area (Å²) < 4.78 is 5.76. The molecule has 1 amide bonds. The first kappa shape index (κ1) is 18.6. The lowest BCUT2D eigenvalue weighted by Crippen LogP contribution is -2.22. The lowest BCUT2D eigenvalue weighted by molar-refractivity contribution is -0.115. The van der Waals surface area contributed by atoms with Crippen molar-refractivity contribution < 1.29 is 9.21 Å². The average Bonchev–Trinajstić information content (AvgIpc) is 3.33. The molecule has 0 radical (unpaired) electrons. The Balaban J connectivity index is 1.51. The maximum absolute atomic E-state index is 12.7. The highest BCUT2D eigenvalue weighted by atomic mass is 35.5. The van der Waals surface area contributed by atoms with E-state index < -0.39 is 0 Å². The molecule has 1 saturated heterocycles. The standard InChI is InChI=1S/C22H22ClN3O2/c1-15-18(25-22(28-15)16-7-3-2-4-8-16)14-21(27)24-19-13-17(23)9-10-20(19)26-11-5-6-12-26/h2-4,7-10,13H,5-6,11-12,14H2,1H3,(H,24,27). The summed E-state index contributed by atoms with van der Waals surface area (Å²) in [4.78, 5) is 19.5. The zero-order valence-corrected chi connectivity index (χ0v) is 16.5. The minimum atomic E-state index is -0.140. The number of oxazole rings is 1. The molecule has 2 aromatic carbocycles. The zero-order chi connectivity index (χ0) is 19.5. The van der Waals surface area contributed by atoms with Crippen molar-refractivity contribution in [3.05, 3.63) is 65.0 Å². The van der Waals surface area contributed by atoms with Crippen LogP contribution in [0.15, 0.2) is 52.9 Å². The fraction of sp³-hybridized carbons (Fsp3) is 0.273. The molecule has 1 aliphatic rings. The summed E-state index contributed by atoms with van der Waals surface area (Å²) in [6.45, 7) is 3.82. The van der Waals surface area contributed by atoms with Gasteiger partial charge in [0.05, 0.1) is 23.5 Å². The maximum Gasteiger partial charge on any atom is 0.230 e. The molecule has 0 bridgehead atoms. The van der Waals surface area contributed by atoms with Crippen molar-refractivity contribution in [2.45, 2.75) is 26.2 Å². The Bertz CT molecular complexity index is 979. The van der Waals surface area contributed by atoms with Crippen LogP contribution >= 0.6 is 11.6 Å². The van der Waals surface area contributed by atoms with E-state index in [0.29, 0.717) is 22.4 Å². The van der Waals surface area contributed by atoms with Gasteiger partial charge in [0.15, 0.2) is 0 Å². The van der Waals surface area contributed by atoms with Crippen molar-refractivity contribution in [2.24, 2.45) is 0 Å². The predicted molar refractivity (Wildman–Crippen MR) is 112 cm³/mol. The van der Waals surface area contributed by atoms with Gasteiger partial charge in [-0.15, -0.1) is 0 Å². The van der Waals surface area contributed by atoms with Crippen LogP contribution in [-0.2, 0) is 11.2 Å². The molecule has 0 atom stereocenters. The van der Waals surface area contributed by atoms with Crippen molar-refractivity contribution in [3.63, 3.8) is 0 Å². The summed E-state index contributed by atoms with van der Waals surface area (Å²) in [6.07, 6.45) is 2.47. The third kappa shape index (κ3) is 4.04. The van der Waals surface area contributed by atoms with Crippen LogP contribution in [0, 0.1) is 6.92 Å². The number of aromatic nitrogens is 1. The van der Waals surface area contributed by atoms with Crippen molar-refractivity contribution in [3.8, 4) is 11.5 Å². The molecule has 1 fully saturated rings. The first-order chi connectivity index (χ1) is 13.6. The van der Waals surface area contributed by atoms with E-state index in [2.05, 4.69) is 15.2 Å². The molecule has 5 nitrogen and oxygen atoms in total. The number of anilines is 2. The van der Waals surface area contributed by atoms with E-state index in [4.69, 9.17) is 16.0 Å². The van der Waals surface area contributed by atoms with E-state index in [1.165, 1.54) is 0 Å². The first-order valence-electron chi connectivity index (χ1n) is 9.46. The van der Waals surface area contributed by atoms with Gasteiger partial charge < -0.3 is 14.6 Å². The number of aryl methyl sites for hydroxylation is 1. The van der Waals surface area contributed by atoms with Crippen LogP contribution in [0.2, 0.25) is 5.02 Å². The Hall–Kier alpha value is -2.79. The second-order valence-electron chi connectivity index (χ2n) is 6.97. The summed E-state index contributed by atoms with van der Waals surface area (Å²) in [6, 6.07) is 15.3. The van der Waals surface area contributed by atoms with Gasteiger partial charge >= 0.3 is 0 Å². The Morgan fingerprint density at radius 2 is 1.93 bits per heavy atom. The highest BCUT2D eigenvalue weighted by Gasteiger charge is 2.19. The number of rotatable bonds is 5. The smallest absolute Gasteiger partial charge is 0.230 e. The van der Waals surface area contributed by atoms with Crippen LogP contribution in [0.1, 0.15) is 24.3 Å². The van der Waals surface area contributed by atoms with Crippen molar-refractivity contribution in [1.29, 1.82) is 0 Å². The van der Waals surface area contributed by atoms with Crippen LogP contribution in [0.25, 0.3) is 11.5 Å². The van der Waals surface area contributed by atoms with Crippen molar-refractivity contribution >= 4 is 28.9 Å². The van der Waals surface area contributed by atoms with Gasteiger partial charge in [0.25, 0.3) is 0 Å². The SMILES string of the molecule is Cc1oc(-c2ccccc2)nc1CC(=O)Nc1cc(Cl)ccc1N1CCCC1. The quantitative estimate of drug-likeness (QED) is 0.654. The third-order valence-electron chi connectivity index (χ3n) is 4.92. The molecule has 6 heteroatoms. The number of carbonyl (C=O) groups is 1. The molecule has 0 aliphatic carbocycles. The Morgan fingerprint density at radius 1 is 1.18 bits per heavy atom. The zero-order valence-electron chi connectivity index (χ0n) is 15.7. The normalized spacial score (nSPS) is 13.7. The molecule has 0 unspecified atom stereocenters. The third-order valence-corrected chi connectivity index (χ3v) is 5.16. The number of nitrogens with one attached hydrogen (secondary N) is 1. The lowest BCUT2D eigenvalue weighted by atomic mass is 10.2. The topological polar surface area (TPSA) is 58.4 Å². The van der Waals surface area contributed by atoms with E-state index in [0.717, 1.165) is 42.9 Å². The van der Waals surface area contributed by atoms with Gasteiger partial charge in [-0.05, 0) is 50.1 Å². The number of hydrogen-bond acceptors (Lipinski definition) is 4. The van der Waals surface area contributed by atoms with E-state index in [1.54, 1.807) is 6.07 Å². The van der Waals surface area contributed by atoms with Crippen molar-refractivity contribution in [2.75, 3.05) is 23.3 Å². The molecule has 4 rings (SSSR count). The van der Waals surface area contributed by atoms with Crippen LogP contribution in [0.3, 0.4) is 0 Å². The fourth-order valence-corrected chi connectivity index (χ4v) is 3.66. The summed E-state index contributed by atoms with van der Waals surface area (Å²) in [5.74, 6) is 1.04. The average molecular weight is 396 g/mol. The maximum atomic E-state index is 12.7. The molecule has 1 aromatic heterocycles. The van der Waals surface area contributed by atoms with Gasteiger partial charge in [-0.1, -0.05) is 29.8 Å². The molecule has 0 saturated carbocycles. The summed E-state index contributed by atoms with van der Waals surface area (Å²) in [7, 11) is 0. The lowest BCUT2D eigenvalue weighted by Gasteiger charge is -2.21. The number of hydrogen-bond donors (Lipinski definition) is 1. The minimum Gasteiger partial charge on any atom is -0.441 e.